The van der Waals surface area contributed by atoms with Crippen molar-refractivity contribution in [3.63, 3.8) is 0 Å². The highest BCUT2D eigenvalue weighted by molar-refractivity contribution is 5.01. The van der Waals surface area contributed by atoms with Gasteiger partial charge in [0.25, 0.3) is 5.56 Å². The molecular weight excluding hydrogens is 154 g/mol. The first kappa shape index (κ1) is 8.90. The van der Waals surface area contributed by atoms with Crippen LogP contribution in [0.4, 0.5) is 0 Å². The van der Waals surface area contributed by atoms with Gasteiger partial charge >= 0.3 is 0 Å². The number of hydrogen-bond acceptors (Lipinski definition) is 3. The molecule has 0 aliphatic carbocycles. The summed E-state index contributed by atoms with van der Waals surface area (Å²) in [6, 6.07) is 0. The highest BCUT2D eigenvalue weighted by Crippen LogP contribution is 2.03. The van der Waals surface area contributed by atoms with Crippen molar-refractivity contribution in [2.75, 3.05) is 0 Å². The summed E-state index contributed by atoms with van der Waals surface area (Å²) in [5.41, 5.74) is 0.601. The predicted octanol–water partition coefficient (Wildman–Crippen LogP) is 0.754. The summed E-state index contributed by atoms with van der Waals surface area (Å²) in [5.74, 6) is 0.609. The number of nitrogens with one attached hydrogen (secondary N) is 1. The second-order valence-corrected chi connectivity index (χ2v) is 3.24. The highest BCUT2D eigenvalue weighted by atomic mass is 16.1. The fraction of sp³-hybridized carbons (Fsp3) is 0.625. The maximum atomic E-state index is 11.1. The van der Waals surface area contributed by atoms with Crippen molar-refractivity contribution < 1.29 is 0 Å². The van der Waals surface area contributed by atoms with Gasteiger partial charge in [0, 0.05) is 5.56 Å². The number of hydrogen-bond donors (Lipinski definition) is 1. The lowest BCUT2D eigenvalue weighted by atomic mass is 10.1. The van der Waals surface area contributed by atoms with Crippen LogP contribution in [0.5, 0.6) is 0 Å². The van der Waals surface area contributed by atoms with E-state index in [4.69, 9.17) is 0 Å². The molecule has 4 nitrogen and oxygen atoms in total. The van der Waals surface area contributed by atoms with E-state index in [1.165, 1.54) is 6.20 Å². The van der Waals surface area contributed by atoms with Gasteiger partial charge in [0.15, 0.2) is 0 Å². The second kappa shape index (κ2) is 3.99. The number of aryl methyl sites for hydroxylation is 1. The molecule has 4 heteroatoms. The van der Waals surface area contributed by atoms with E-state index in [1.807, 2.05) is 0 Å². The SMILES string of the molecule is CC(C)CCc1cnn[nH]c1=O. The number of aromatic nitrogens is 3. The molecule has 0 saturated carbocycles. The van der Waals surface area contributed by atoms with E-state index >= 15 is 0 Å². The summed E-state index contributed by atoms with van der Waals surface area (Å²) in [6.07, 6.45) is 3.32. The number of rotatable bonds is 3. The van der Waals surface area contributed by atoms with Crippen LogP contribution in [0.15, 0.2) is 11.0 Å². The van der Waals surface area contributed by atoms with E-state index in [-0.39, 0.29) is 5.56 Å². The molecule has 0 radical (unpaired) electrons. The third-order valence-corrected chi connectivity index (χ3v) is 1.71. The highest BCUT2D eigenvalue weighted by Gasteiger charge is 2.00. The fourth-order valence-electron chi connectivity index (χ4n) is 0.926. The van der Waals surface area contributed by atoms with Gasteiger partial charge in [-0.15, -0.1) is 5.10 Å². The van der Waals surface area contributed by atoms with E-state index in [9.17, 15) is 4.79 Å². The Morgan fingerprint density at radius 1 is 1.58 bits per heavy atom. The van der Waals surface area contributed by atoms with E-state index < -0.39 is 0 Å². The third-order valence-electron chi connectivity index (χ3n) is 1.71. The molecule has 1 heterocycles. The van der Waals surface area contributed by atoms with Gasteiger partial charge in [-0.1, -0.05) is 19.1 Å². The summed E-state index contributed by atoms with van der Waals surface area (Å²) in [7, 11) is 0. The van der Waals surface area contributed by atoms with E-state index in [1.54, 1.807) is 0 Å². The Hall–Kier alpha value is -1.19. The van der Waals surface area contributed by atoms with Crippen molar-refractivity contribution in [1.82, 2.24) is 15.4 Å². The number of aromatic amines is 1. The zero-order valence-electron chi connectivity index (χ0n) is 7.37. The molecule has 0 aromatic carbocycles. The van der Waals surface area contributed by atoms with Crippen molar-refractivity contribution in [1.29, 1.82) is 0 Å². The molecule has 0 spiro atoms. The van der Waals surface area contributed by atoms with E-state index in [0.717, 1.165) is 18.4 Å². The topological polar surface area (TPSA) is 58.6 Å². The average Bonchev–Trinajstić information content (AvgIpc) is 2.03. The lowest BCUT2D eigenvalue weighted by molar-refractivity contribution is 0.581. The van der Waals surface area contributed by atoms with Crippen LogP contribution >= 0.6 is 0 Å². The Labute approximate surface area is 71.0 Å². The van der Waals surface area contributed by atoms with Gasteiger partial charge in [-0.2, -0.15) is 0 Å². The summed E-state index contributed by atoms with van der Waals surface area (Å²) >= 11 is 0. The van der Waals surface area contributed by atoms with Gasteiger partial charge in [0.1, 0.15) is 0 Å². The van der Waals surface area contributed by atoms with Gasteiger partial charge in [-0.05, 0) is 18.8 Å². The van der Waals surface area contributed by atoms with Crippen molar-refractivity contribution >= 4 is 0 Å². The summed E-state index contributed by atoms with van der Waals surface area (Å²) < 4.78 is 0. The molecule has 0 saturated heterocycles. The summed E-state index contributed by atoms with van der Waals surface area (Å²) in [6.45, 7) is 4.26. The lowest BCUT2D eigenvalue weighted by Gasteiger charge is -2.01. The standard InChI is InChI=1S/C8H13N3O/c1-6(2)3-4-7-5-9-11-10-8(7)12/h5-6H,3-4H2,1-2H3,(H,9,10,12). The molecule has 1 aromatic rings. The monoisotopic (exact) mass is 167 g/mol. The zero-order valence-corrected chi connectivity index (χ0v) is 7.37. The molecule has 0 aliphatic rings. The first-order chi connectivity index (χ1) is 5.70. The summed E-state index contributed by atoms with van der Waals surface area (Å²) in [4.78, 5) is 11.1. The predicted molar refractivity (Wildman–Crippen MR) is 45.8 cm³/mol. The smallest absolute Gasteiger partial charge is 0.268 e. The number of H-pyrrole nitrogens is 1. The molecule has 0 fully saturated rings. The largest absolute Gasteiger partial charge is 0.270 e. The Kier molecular flexibility index (Phi) is 2.96. The fourth-order valence-corrected chi connectivity index (χ4v) is 0.926. The molecule has 0 unspecified atom stereocenters. The molecule has 0 amide bonds. The molecule has 1 aromatic heterocycles. The molecule has 1 rings (SSSR count). The minimum absolute atomic E-state index is 0.120. The summed E-state index contributed by atoms with van der Waals surface area (Å²) in [5, 5.41) is 9.31. The van der Waals surface area contributed by atoms with Gasteiger partial charge in [-0.25, -0.2) is 5.10 Å². The molecule has 0 atom stereocenters. The first-order valence-corrected chi connectivity index (χ1v) is 4.09. The average molecular weight is 167 g/mol. The molecular formula is C8H13N3O. The van der Waals surface area contributed by atoms with Crippen LogP contribution in [0.1, 0.15) is 25.8 Å². The van der Waals surface area contributed by atoms with E-state index in [2.05, 4.69) is 29.3 Å². The van der Waals surface area contributed by atoms with Crippen LogP contribution in [-0.2, 0) is 6.42 Å². The zero-order chi connectivity index (χ0) is 8.97. The van der Waals surface area contributed by atoms with Gasteiger partial charge in [0.2, 0.25) is 0 Å². The first-order valence-electron chi connectivity index (χ1n) is 4.09. The van der Waals surface area contributed by atoms with Crippen LogP contribution < -0.4 is 5.56 Å². The van der Waals surface area contributed by atoms with Crippen LogP contribution in [-0.4, -0.2) is 15.4 Å². The Balaban J connectivity index is 2.64. The maximum absolute atomic E-state index is 11.1. The van der Waals surface area contributed by atoms with Crippen LogP contribution in [0, 0.1) is 5.92 Å². The van der Waals surface area contributed by atoms with E-state index in [0.29, 0.717) is 5.92 Å². The quantitative estimate of drug-likeness (QED) is 0.722. The van der Waals surface area contributed by atoms with Gasteiger partial charge in [0.05, 0.1) is 6.20 Å². The molecule has 0 bridgehead atoms. The van der Waals surface area contributed by atoms with Gasteiger partial charge < -0.3 is 0 Å². The van der Waals surface area contributed by atoms with Crippen molar-refractivity contribution in [2.45, 2.75) is 26.7 Å². The molecule has 12 heavy (non-hydrogen) atoms. The normalized spacial score (nSPS) is 10.6. The lowest BCUT2D eigenvalue weighted by Crippen LogP contribution is -2.15. The molecule has 1 N–H and O–H groups in total. The van der Waals surface area contributed by atoms with Crippen molar-refractivity contribution in [2.24, 2.45) is 5.92 Å². The van der Waals surface area contributed by atoms with Crippen molar-refractivity contribution in [3.05, 3.63) is 22.1 Å². The second-order valence-electron chi connectivity index (χ2n) is 3.24. The Morgan fingerprint density at radius 3 is 2.92 bits per heavy atom. The number of nitrogens with zero attached hydrogens (tertiary/aromatic N) is 2. The van der Waals surface area contributed by atoms with Crippen LogP contribution in [0.3, 0.4) is 0 Å². The third kappa shape index (κ3) is 2.45. The molecule has 66 valence electrons. The van der Waals surface area contributed by atoms with Crippen molar-refractivity contribution in [3.8, 4) is 0 Å². The Bertz CT molecular complexity index is 292. The minimum Gasteiger partial charge on any atom is -0.268 e. The van der Waals surface area contributed by atoms with Crippen LogP contribution in [0.25, 0.3) is 0 Å². The van der Waals surface area contributed by atoms with Crippen LogP contribution in [0.2, 0.25) is 0 Å². The Morgan fingerprint density at radius 2 is 2.33 bits per heavy atom. The maximum Gasteiger partial charge on any atom is 0.270 e. The minimum atomic E-state index is -0.120. The molecule has 0 aliphatic heterocycles. The van der Waals surface area contributed by atoms with Gasteiger partial charge in [-0.3, -0.25) is 4.79 Å².